The van der Waals surface area contributed by atoms with Gasteiger partial charge in [-0.05, 0) is 19.3 Å². The molecule has 0 atom stereocenters. The first-order chi connectivity index (χ1) is 7.75. The third-order valence-corrected chi connectivity index (χ3v) is 4.06. The van der Waals surface area contributed by atoms with E-state index in [1.807, 2.05) is 0 Å². The molecule has 16 heavy (non-hydrogen) atoms. The third kappa shape index (κ3) is 3.99. The predicted molar refractivity (Wildman–Crippen MR) is 74.9 cm³/mol. The maximum Gasteiger partial charge on any atom is 0.141 e. The van der Waals surface area contributed by atoms with E-state index < -0.39 is 0 Å². The van der Waals surface area contributed by atoms with Crippen molar-refractivity contribution in [2.45, 2.75) is 58.3 Å². The molecular weight excluding hydrogens is 315 g/mol. The van der Waals surface area contributed by atoms with E-state index in [4.69, 9.17) is 4.74 Å². The van der Waals surface area contributed by atoms with E-state index in [1.165, 1.54) is 25.7 Å². The van der Waals surface area contributed by atoms with Gasteiger partial charge in [-0.25, -0.2) is 0 Å². The Morgan fingerprint density at radius 1 is 1.31 bits per heavy atom. The van der Waals surface area contributed by atoms with Crippen molar-refractivity contribution in [1.29, 1.82) is 0 Å². The van der Waals surface area contributed by atoms with Crippen LogP contribution in [-0.2, 0) is 9.53 Å². The van der Waals surface area contributed by atoms with Gasteiger partial charge >= 0.3 is 0 Å². The number of Topliss-reactive ketones (excluding diaryl/α,β-unsaturated/α-hetero) is 1. The van der Waals surface area contributed by atoms with Crippen molar-refractivity contribution in [3.63, 3.8) is 0 Å². The Kier molecular flexibility index (Phi) is 6.89. The van der Waals surface area contributed by atoms with Gasteiger partial charge in [0.25, 0.3) is 0 Å². The summed E-state index contributed by atoms with van der Waals surface area (Å²) in [5, 5.41) is 0. The van der Waals surface area contributed by atoms with Crippen molar-refractivity contribution in [1.82, 2.24) is 0 Å². The number of rotatable bonds is 8. The fraction of sp³-hybridized carbons (Fsp3) is 0.923. The maximum atomic E-state index is 12.3. The standard InChI is InChI=1S/C13H23IO2/c1-2-3-4-7-12(15)13(10-16-11-14)8-5-6-9-13/h2-11H2,1H3. The lowest BCUT2D eigenvalue weighted by Crippen LogP contribution is -2.33. The molecule has 0 saturated heterocycles. The molecule has 0 aromatic carbocycles. The molecule has 0 aliphatic heterocycles. The zero-order valence-corrected chi connectivity index (χ0v) is 12.4. The summed E-state index contributed by atoms with van der Waals surface area (Å²) in [6, 6.07) is 0. The Hall–Kier alpha value is 0.360. The molecule has 2 nitrogen and oxygen atoms in total. The zero-order chi connectivity index (χ0) is 11.9. The molecule has 1 aliphatic carbocycles. The first kappa shape index (κ1) is 14.4. The summed E-state index contributed by atoms with van der Waals surface area (Å²) >= 11 is 2.21. The van der Waals surface area contributed by atoms with Gasteiger partial charge in [-0.1, -0.05) is 55.2 Å². The van der Waals surface area contributed by atoms with Crippen LogP contribution in [0.25, 0.3) is 0 Å². The normalized spacial score (nSPS) is 18.9. The number of carbonyl (C=O) groups excluding carboxylic acids is 1. The Balaban J connectivity index is 2.44. The molecule has 1 saturated carbocycles. The molecule has 1 fully saturated rings. The Morgan fingerprint density at radius 3 is 2.56 bits per heavy atom. The second-order valence-electron chi connectivity index (χ2n) is 4.83. The van der Waals surface area contributed by atoms with Crippen LogP contribution >= 0.6 is 22.6 Å². The van der Waals surface area contributed by atoms with E-state index in [1.54, 1.807) is 0 Å². The lowest BCUT2D eigenvalue weighted by atomic mass is 9.80. The molecule has 94 valence electrons. The molecule has 1 rings (SSSR count). The van der Waals surface area contributed by atoms with Crippen LogP contribution in [0.5, 0.6) is 0 Å². The molecule has 0 N–H and O–H groups in total. The van der Waals surface area contributed by atoms with Crippen LogP contribution in [0.4, 0.5) is 0 Å². The smallest absolute Gasteiger partial charge is 0.141 e. The van der Waals surface area contributed by atoms with Gasteiger partial charge in [-0.15, -0.1) is 0 Å². The Morgan fingerprint density at radius 2 is 2.00 bits per heavy atom. The first-order valence-corrected chi connectivity index (χ1v) is 7.95. The molecule has 0 aromatic rings. The van der Waals surface area contributed by atoms with Gasteiger partial charge in [-0.3, -0.25) is 4.79 Å². The number of unbranched alkanes of at least 4 members (excludes halogenated alkanes) is 2. The van der Waals surface area contributed by atoms with Crippen molar-refractivity contribution < 1.29 is 9.53 Å². The van der Waals surface area contributed by atoms with E-state index in [9.17, 15) is 4.79 Å². The Labute approximate surface area is 113 Å². The molecule has 0 radical (unpaired) electrons. The van der Waals surface area contributed by atoms with Gasteiger partial charge in [0.2, 0.25) is 0 Å². The van der Waals surface area contributed by atoms with Crippen LogP contribution in [0.3, 0.4) is 0 Å². The van der Waals surface area contributed by atoms with E-state index >= 15 is 0 Å². The second-order valence-corrected chi connectivity index (χ2v) is 5.45. The average molecular weight is 338 g/mol. The van der Waals surface area contributed by atoms with Crippen LogP contribution in [0.1, 0.15) is 58.3 Å². The molecule has 0 aromatic heterocycles. The number of alkyl halides is 1. The highest BCUT2D eigenvalue weighted by molar-refractivity contribution is 14.1. The fourth-order valence-corrected chi connectivity index (χ4v) is 2.81. The van der Waals surface area contributed by atoms with E-state index in [2.05, 4.69) is 29.5 Å². The minimum atomic E-state index is -0.112. The zero-order valence-electron chi connectivity index (χ0n) is 10.3. The van der Waals surface area contributed by atoms with E-state index in [0.29, 0.717) is 17.0 Å². The summed E-state index contributed by atoms with van der Waals surface area (Å²) < 4.78 is 6.21. The highest BCUT2D eigenvalue weighted by atomic mass is 127. The van der Waals surface area contributed by atoms with Gasteiger partial charge in [-0.2, -0.15) is 0 Å². The number of ether oxygens (including phenoxy) is 1. The SMILES string of the molecule is CCCCCC(=O)C1(COCI)CCCC1. The highest BCUT2D eigenvalue weighted by Gasteiger charge is 2.40. The van der Waals surface area contributed by atoms with Crippen molar-refractivity contribution in [3.05, 3.63) is 0 Å². The molecular formula is C13H23IO2. The van der Waals surface area contributed by atoms with Crippen molar-refractivity contribution in [2.24, 2.45) is 5.41 Å². The van der Waals surface area contributed by atoms with Crippen LogP contribution in [0, 0.1) is 5.41 Å². The topological polar surface area (TPSA) is 26.3 Å². The van der Waals surface area contributed by atoms with Gasteiger partial charge in [0.05, 0.1) is 16.6 Å². The van der Waals surface area contributed by atoms with Crippen molar-refractivity contribution >= 4 is 28.4 Å². The molecule has 0 unspecified atom stereocenters. The number of ketones is 1. The molecule has 3 heteroatoms. The monoisotopic (exact) mass is 338 g/mol. The van der Waals surface area contributed by atoms with E-state index in [0.717, 1.165) is 25.7 Å². The number of hydrogen-bond acceptors (Lipinski definition) is 2. The molecule has 0 heterocycles. The van der Waals surface area contributed by atoms with Crippen LogP contribution < -0.4 is 0 Å². The summed E-state index contributed by atoms with van der Waals surface area (Å²) in [4.78, 5) is 12.3. The molecule has 0 bridgehead atoms. The Bertz CT molecular complexity index is 210. The van der Waals surface area contributed by atoms with Crippen molar-refractivity contribution in [3.8, 4) is 0 Å². The number of carbonyl (C=O) groups is 1. The van der Waals surface area contributed by atoms with Gasteiger partial charge < -0.3 is 4.74 Å². The van der Waals surface area contributed by atoms with Crippen LogP contribution in [-0.4, -0.2) is 17.0 Å². The van der Waals surface area contributed by atoms with Crippen LogP contribution in [0.15, 0.2) is 0 Å². The average Bonchev–Trinajstić information content (AvgIpc) is 2.76. The maximum absolute atomic E-state index is 12.3. The summed E-state index contributed by atoms with van der Waals surface area (Å²) in [5.74, 6) is 0.461. The quantitative estimate of drug-likeness (QED) is 0.378. The summed E-state index contributed by atoms with van der Waals surface area (Å²) in [7, 11) is 0. The minimum absolute atomic E-state index is 0.112. The minimum Gasteiger partial charge on any atom is -0.370 e. The molecule has 0 amide bonds. The number of hydrogen-bond donors (Lipinski definition) is 0. The van der Waals surface area contributed by atoms with Crippen LogP contribution in [0.2, 0.25) is 0 Å². The molecule has 0 spiro atoms. The predicted octanol–water partition coefficient (Wildman–Crippen LogP) is 4.11. The van der Waals surface area contributed by atoms with E-state index in [-0.39, 0.29) is 5.41 Å². The van der Waals surface area contributed by atoms with Gasteiger partial charge in [0.15, 0.2) is 0 Å². The first-order valence-electron chi connectivity index (χ1n) is 6.42. The summed E-state index contributed by atoms with van der Waals surface area (Å²) in [5.41, 5.74) is -0.112. The van der Waals surface area contributed by atoms with Crippen molar-refractivity contribution in [2.75, 3.05) is 11.2 Å². The summed E-state index contributed by atoms with van der Waals surface area (Å²) in [6.07, 6.45) is 8.68. The molecule has 1 aliphatic rings. The highest BCUT2D eigenvalue weighted by Crippen LogP contribution is 2.40. The fourth-order valence-electron chi connectivity index (χ4n) is 2.59. The van der Waals surface area contributed by atoms with Gasteiger partial charge in [0, 0.05) is 6.42 Å². The largest absolute Gasteiger partial charge is 0.370 e. The summed E-state index contributed by atoms with van der Waals surface area (Å²) in [6.45, 7) is 2.83. The van der Waals surface area contributed by atoms with Gasteiger partial charge in [0.1, 0.15) is 5.78 Å². The second kappa shape index (κ2) is 7.64. The lowest BCUT2D eigenvalue weighted by molar-refractivity contribution is -0.131. The third-order valence-electron chi connectivity index (χ3n) is 3.62. The lowest BCUT2D eigenvalue weighted by Gasteiger charge is -2.26. The number of halogens is 1.